The molecule has 1 heterocycles. The van der Waals surface area contributed by atoms with Crippen molar-refractivity contribution in [3.05, 3.63) is 35.9 Å². The Morgan fingerprint density at radius 3 is 2.52 bits per heavy atom. The maximum atomic E-state index is 12.6. The van der Waals surface area contributed by atoms with Crippen molar-refractivity contribution in [1.29, 1.82) is 0 Å². The normalized spacial score (nSPS) is 18.7. The molecule has 1 aliphatic heterocycles. The lowest BCUT2D eigenvalue weighted by atomic mass is 9.96. The minimum Gasteiger partial charge on any atom is -0.461 e. The monoisotopic (exact) mass is 374 g/mol. The standard InChI is InChI=1S/C21H30N2O4/c1-15(12-13-16-9-5-4-6-10-16)27-20(26)17-11-7-8-14-23(17)19(25)18(24)21(2,3)22/h4-6,9-10,15,17H,7-8,11-14,22H2,1-3H3. The van der Waals surface area contributed by atoms with Gasteiger partial charge in [0.2, 0.25) is 5.78 Å². The van der Waals surface area contributed by atoms with Gasteiger partial charge in [-0.05, 0) is 58.4 Å². The van der Waals surface area contributed by atoms with Gasteiger partial charge in [0.05, 0.1) is 11.6 Å². The van der Waals surface area contributed by atoms with Gasteiger partial charge < -0.3 is 15.4 Å². The molecule has 0 radical (unpaired) electrons. The molecule has 2 N–H and O–H groups in total. The molecule has 2 unspecified atom stereocenters. The van der Waals surface area contributed by atoms with Crippen LogP contribution >= 0.6 is 0 Å². The maximum absolute atomic E-state index is 12.6. The molecule has 6 nitrogen and oxygen atoms in total. The number of hydrogen-bond donors (Lipinski definition) is 1. The van der Waals surface area contributed by atoms with Gasteiger partial charge in [0, 0.05) is 6.54 Å². The number of ether oxygens (including phenoxy) is 1. The van der Waals surface area contributed by atoms with E-state index in [1.807, 2.05) is 37.3 Å². The first-order valence-corrected chi connectivity index (χ1v) is 9.59. The first kappa shape index (κ1) is 21.1. The van der Waals surface area contributed by atoms with Gasteiger partial charge in [-0.2, -0.15) is 0 Å². The van der Waals surface area contributed by atoms with E-state index in [4.69, 9.17) is 10.5 Å². The van der Waals surface area contributed by atoms with E-state index in [1.54, 1.807) is 0 Å². The summed E-state index contributed by atoms with van der Waals surface area (Å²) in [5.74, 6) is -1.81. The fourth-order valence-electron chi connectivity index (χ4n) is 3.18. The fourth-order valence-corrected chi connectivity index (χ4v) is 3.18. The number of rotatable bonds is 7. The van der Waals surface area contributed by atoms with E-state index in [1.165, 1.54) is 24.3 Å². The molecule has 27 heavy (non-hydrogen) atoms. The molecule has 2 rings (SSSR count). The Morgan fingerprint density at radius 2 is 1.89 bits per heavy atom. The van der Waals surface area contributed by atoms with Crippen LogP contribution < -0.4 is 5.73 Å². The third-order valence-corrected chi connectivity index (χ3v) is 4.81. The zero-order chi connectivity index (χ0) is 20.0. The molecule has 1 fully saturated rings. The van der Waals surface area contributed by atoms with Crippen LogP contribution in [0.15, 0.2) is 30.3 Å². The number of amides is 1. The van der Waals surface area contributed by atoms with Crippen molar-refractivity contribution in [1.82, 2.24) is 4.90 Å². The van der Waals surface area contributed by atoms with Crippen molar-refractivity contribution in [2.24, 2.45) is 5.73 Å². The van der Waals surface area contributed by atoms with Crippen LogP contribution in [0.2, 0.25) is 0 Å². The number of nitrogens with zero attached hydrogens (tertiary/aromatic N) is 1. The highest BCUT2D eigenvalue weighted by atomic mass is 16.5. The van der Waals surface area contributed by atoms with Gasteiger partial charge in [0.25, 0.3) is 5.91 Å². The quantitative estimate of drug-likeness (QED) is 0.584. The molecule has 148 valence electrons. The average Bonchev–Trinajstić information content (AvgIpc) is 2.65. The molecule has 6 heteroatoms. The second-order valence-corrected chi connectivity index (χ2v) is 7.83. The van der Waals surface area contributed by atoms with Crippen molar-refractivity contribution in [3.8, 4) is 0 Å². The molecule has 0 bridgehead atoms. The Hall–Kier alpha value is -2.21. The van der Waals surface area contributed by atoms with Crippen LogP contribution in [0.3, 0.4) is 0 Å². The van der Waals surface area contributed by atoms with Gasteiger partial charge in [-0.3, -0.25) is 9.59 Å². The van der Waals surface area contributed by atoms with E-state index < -0.39 is 29.2 Å². The Kier molecular flexibility index (Phi) is 7.13. The van der Waals surface area contributed by atoms with E-state index in [9.17, 15) is 14.4 Å². The predicted octanol–water partition coefficient (Wildman–Crippen LogP) is 2.24. The van der Waals surface area contributed by atoms with E-state index in [-0.39, 0.29) is 6.10 Å². The fraction of sp³-hybridized carbons (Fsp3) is 0.571. The number of piperidine rings is 1. The van der Waals surface area contributed by atoms with Gasteiger partial charge in [-0.15, -0.1) is 0 Å². The lowest BCUT2D eigenvalue weighted by Gasteiger charge is -2.35. The van der Waals surface area contributed by atoms with Crippen LogP contribution in [0.5, 0.6) is 0 Å². The first-order chi connectivity index (χ1) is 12.7. The topological polar surface area (TPSA) is 89.7 Å². The average molecular weight is 374 g/mol. The molecule has 1 aromatic rings. The summed E-state index contributed by atoms with van der Waals surface area (Å²) in [6, 6.07) is 9.29. The summed E-state index contributed by atoms with van der Waals surface area (Å²) >= 11 is 0. The summed E-state index contributed by atoms with van der Waals surface area (Å²) in [6.45, 7) is 5.22. The SMILES string of the molecule is CC(CCc1ccccc1)OC(=O)C1CCCCN1C(=O)C(=O)C(C)(C)N. The highest BCUT2D eigenvalue weighted by molar-refractivity contribution is 6.39. The van der Waals surface area contributed by atoms with Gasteiger partial charge in [-0.25, -0.2) is 4.79 Å². The molecule has 1 aliphatic rings. The van der Waals surface area contributed by atoms with Crippen molar-refractivity contribution < 1.29 is 19.1 Å². The number of aryl methyl sites for hydroxylation is 1. The summed E-state index contributed by atoms with van der Waals surface area (Å²) in [4.78, 5) is 38.8. The lowest BCUT2D eigenvalue weighted by Crippen LogP contribution is -2.56. The third-order valence-electron chi connectivity index (χ3n) is 4.81. The van der Waals surface area contributed by atoms with Gasteiger partial charge in [0.1, 0.15) is 6.04 Å². The first-order valence-electron chi connectivity index (χ1n) is 9.59. The molecular weight excluding hydrogens is 344 g/mol. The van der Waals surface area contributed by atoms with E-state index in [0.29, 0.717) is 19.4 Å². The van der Waals surface area contributed by atoms with Gasteiger partial charge >= 0.3 is 5.97 Å². The molecule has 0 aromatic heterocycles. The zero-order valence-corrected chi connectivity index (χ0v) is 16.4. The van der Waals surface area contributed by atoms with Crippen LogP contribution in [-0.4, -0.2) is 46.8 Å². The van der Waals surface area contributed by atoms with E-state index in [0.717, 1.165) is 19.3 Å². The summed E-state index contributed by atoms with van der Waals surface area (Å²) in [6.07, 6.45) is 3.33. The van der Waals surface area contributed by atoms with Crippen molar-refractivity contribution >= 4 is 17.7 Å². The van der Waals surface area contributed by atoms with Crippen LogP contribution in [0.1, 0.15) is 52.0 Å². The molecule has 0 aliphatic carbocycles. The highest BCUT2D eigenvalue weighted by Crippen LogP contribution is 2.21. The summed E-state index contributed by atoms with van der Waals surface area (Å²) in [7, 11) is 0. The molecule has 1 aromatic carbocycles. The number of esters is 1. The number of carbonyl (C=O) groups is 3. The molecule has 1 amide bonds. The number of carbonyl (C=O) groups excluding carboxylic acids is 3. The van der Waals surface area contributed by atoms with Gasteiger partial charge in [-0.1, -0.05) is 30.3 Å². The van der Waals surface area contributed by atoms with Crippen LogP contribution in [0, 0.1) is 0 Å². The third kappa shape index (κ3) is 5.89. The molecule has 0 saturated carbocycles. The molecule has 0 spiro atoms. The van der Waals surface area contributed by atoms with Crippen LogP contribution in [-0.2, 0) is 25.5 Å². The maximum Gasteiger partial charge on any atom is 0.329 e. The summed E-state index contributed by atoms with van der Waals surface area (Å²) in [5.41, 5.74) is 5.70. The largest absolute Gasteiger partial charge is 0.461 e. The molecule has 1 saturated heterocycles. The second kappa shape index (κ2) is 9.13. The Balaban J connectivity index is 1.95. The van der Waals surface area contributed by atoms with Crippen LogP contribution in [0.25, 0.3) is 0 Å². The minimum atomic E-state index is -1.26. The highest BCUT2D eigenvalue weighted by Gasteiger charge is 2.40. The van der Waals surface area contributed by atoms with E-state index in [2.05, 4.69) is 0 Å². The smallest absolute Gasteiger partial charge is 0.329 e. The number of likely N-dealkylation sites (tertiary alicyclic amines) is 1. The Bertz CT molecular complexity index is 667. The Labute approximate surface area is 161 Å². The number of ketones is 1. The second-order valence-electron chi connectivity index (χ2n) is 7.83. The van der Waals surface area contributed by atoms with Crippen molar-refractivity contribution in [2.45, 2.75) is 70.6 Å². The minimum absolute atomic E-state index is 0.266. The van der Waals surface area contributed by atoms with Crippen molar-refractivity contribution in [2.75, 3.05) is 6.54 Å². The number of benzene rings is 1. The van der Waals surface area contributed by atoms with Crippen molar-refractivity contribution in [3.63, 3.8) is 0 Å². The van der Waals surface area contributed by atoms with E-state index >= 15 is 0 Å². The summed E-state index contributed by atoms with van der Waals surface area (Å²) < 4.78 is 5.58. The lowest BCUT2D eigenvalue weighted by molar-refractivity contribution is -0.163. The summed E-state index contributed by atoms with van der Waals surface area (Å²) in [5, 5.41) is 0. The zero-order valence-electron chi connectivity index (χ0n) is 16.4. The predicted molar refractivity (Wildman–Crippen MR) is 103 cm³/mol. The van der Waals surface area contributed by atoms with Crippen LogP contribution in [0.4, 0.5) is 0 Å². The number of Topliss-reactive ketones (excluding diaryl/α,β-unsaturated/α-hetero) is 1. The molecular formula is C21H30N2O4. The Morgan fingerprint density at radius 1 is 1.22 bits per heavy atom. The number of nitrogens with two attached hydrogens (primary N) is 1. The number of hydrogen-bond acceptors (Lipinski definition) is 5. The molecule has 2 atom stereocenters. The van der Waals surface area contributed by atoms with Gasteiger partial charge in [0.15, 0.2) is 0 Å².